The second-order valence-electron chi connectivity index (χ2n) is 2.89. The van der Waals surface area contributed by atoms with Crippen LogP contribution in [0.5, 0.6) is 0 Å². The van der Waals surface area contributed by atoms with Gasteiger partial charge in [-0.15, -0.1) is 0 Å². The minimum Gasteiger partial charge on any atom is -0.361 e. The molecular formula is C10H7ClN2O. The van der Waals surface area contributed by atoms with Gasteiger partial charge in [-0.3, -0.25) is 0 Å². The average molecular weight is 207 g/mol. The molecule has 0 radical (unpaired) electrons. The van der Waals surface area contributed by atoms with Gasteiger partial charge >= 0.3 is 0 Å². The van der Waals surface area contributed by atoms with Crippen molar-refractivity contribution in [3.05, 3.63) is 35.0 Å². The van der Waals surface area contributed by atoms with Crippen molar-refractivity contribution >= 4 is 28.6 Å². The maximum Gasteiger partial charge on any atom is 0.235 e. The van der Waals surface area contributed by atoms with E-state index in [1.54, 1.807) is 0 Å². The molecule has 2 rings (SSSR count). The van der Waals surface area contributed by atoms with Crippen LogP contribution in [0, 0.1) is 0 Å². The van der Waals surface area contributed by atoms with Crippen molar-refractivity contribution < 1.29 is 4.79 Å². The number of rotatable bonds is 2. The van der Waals surface area contributed by atoms with Gasteiger partial charge in [0, 0.05) is 17.1 Å². The summed E-state index contributed by atoms with van der Waals surface area (Å²) in [6.45, 7) is 0.281. The first-order valence-electron chi connectivity index (χ1n) is 4.11. The van der Waals surface area contributed by atoms with E-state index in [2.05, 4.69) is 9.98 Å². The zero-order chi connectivity index (χ0) is 9.97. The number of halogens is 1. The topological polar surface area (TPSA) is 45.2 Å². The van der Waals surface area contributed by atoms with Crippen LogP contribution in [0.3, 0.4) is 0 Å². The van der Waals surface area contributed by atoms with Crippen LogP contribution in [0.1, 0.15) is 5.56 Å². The monoisotopic (exact) mass is 206 g/mol. The molecule has 0 aliphatic carbocycles. The van der Waals surface area contributed by atoms with Gasteiger partial charge in [-0.1, -0.05) is 17.7 Å². The van der Waals surface area contributed by atoms with E-state index in [0.717, 1.165) is 16.5 Å². The van der Waals surface area contributed by atoms with Gasteiger partial charge < -0.3 is 4.98 Å². The average Bonchev–Trinajstić information content (AvgIpc) is 2.66. The minimum atomic E-state index is 0.281. The van der Waals surface area contributed by atoms with Gasteiger partial charge in [-0.25, -0.2) is 9.79 Å². The highest BCUT2D eigenvalue weighted by molar-refractivity contribution is 6.36. The quantitative estimate of drug-likeness (QED) is 0.596. The Balaban J connectivity index is 2.55. The summed E-state index contributed by atoms with van der Waals surface area (Å²) in [6, 6.07) is 5.66. The highest BCUT2D eigenvalue weighted by Gasteiger charge is 2.04. The number of hydrogen-bond donors (Lipinski definition) is 1. The molecule has 0 aliphatic rings. The molecule has 14 heavy (non-hydrogen) atoms. The fourth-order valence-electron chi connectivity index (χ4n) is 1.38. The highest BCUT2D eigenvalue weighted by Crippen LogP contribution is 2.26. The summed E-state index contributed by atoms with van der Waals surface area (Å²) in [6.07, 6.45) is 3.32. The lowest BCUT2D eigenvalue weighted by atomic mass is 10.1. The van der Waals surface area contributed by atoms with Crippen molar-refractivity contribution in [2.45, 2.75) is 6.54 Å². The van der Waals surface area contributed by atoms with Crippen LogP contribution in [0.25, 0.3) is 10.9 Å². The molecule has 0 spiro atoms. The fourth-order valence-corrected chi connectivity index (χ4v) is 1.67. The highest BCUT2D eigenvalue weighted by atomic mass is 35.5. The van der Waals surface area contributed by atoms with Crippen molar-refractivity contribution in [2.24, 2.45) is 4.99 Å². The first-order valence-corrected chi connectivity index (χ1v) is 4.49. The molecule has 0 atom stereocenters. The number of aliphatic imine (C=N–C) groups is 1. The summed E-state index contributed by atoms with van der Waals surface area (Å²) in [5.41, 5.74) is 1.82. The third kappa shape index (κ3) is 1.43. The Hall–Kier alpha value is -1.57. The predicted molar refractivity (Wildman–Crippen MR) is 55.1 cm³/mol. The number of carbonyl (C=O) groups excluding carboxylic acids is 1. The Kier molecular flexibility index (Phi) is 2.35. The van der Waals surface area contributed by atoms with E-state index in [0.29, 0.717) is 5.02 Å². The molecule has 0 saturated heterocycles. The van der Waals surface area contributed by atoms with E-state index < -0.39 is 0 Å². The molecule has 2 aromatic rings. The van der Waals surface area contributed by atoms with Crippen molar-refractivity contribution in [3.8, 4) is 0 Å². The molecule has 1 aromatic heterocycles. The van der Waals surface area contributed by atoms with Crippen LogP contribution < -0.4 is 0 Å². The summed E-state index contributed by atoms with van der Waals surface area (Å²) < 4.78 is 0. The summed E-state index contributed by atoms with van der Waals surface area (Å²) in [4.78, 5) is 16.5. The standard InChI is InChI=1S/C10H7ClN2O/c11-10-7(5-12-6-14)1-2-9-8(10)3-4-13-9/h1-4,13H,5H2. The lowest BCUT2D eigenvalue weighted by molar-refractivity contribution is 0.563. The summed E-state index contributed by atoms with van der Waals surface area (Å²) in [7, 11) is 0. The van der Waals surface area contributed by atoms with Crippen LogP contribution in [-0.4, -0.2) is 11.1 Å². The molecule has 0 aliphatic heterocycles. The molecule has 1 N–H and O–H groups in total. The van der Waals surface area contributed by atoms with E-state index in [-0.39, 0.29) is 6.54 Å². The molecular weight excluding hydrogens is 200 g/mol. The van der Waals surface area contributed by atoms with Gasteiger partial charge in [-0.05, 0) is 17.7 Å². The third-order valence-corrected chi connectivity index (χ3v) is 2.51. The van der Waals surface area contributed by atoms with E-state index in [4.69, 9.17) is 11.6 Å². The van der Waals surface area contributed by atoms with E-state index in [9.17, 15) is 4.79 Å². The van der Waals surface area contributed by atoms with Crippen LogP contribution in [0.4, 0.5) is 0 Å². The smallest absolute Gasteiger partial charge is 0.235 e. The van der Waals surface area contributed by atoms with E-state index in [1.165, 1.54) is 6.08 Å². The van der Waals surface area contributed by atoms with Crippen LogP contribution in [0.2, 0.25) is 5.02 Å². The second kappa shape index (κ2) is 3.66. The fraction of sp³-hybridized carbons (Fsp3) is 0.100. The number of nitrogens with zero attached hydrogens (tertiary/aromatic N) is 1. The SMILES string of the molecule is O=C=NCc1ccc2[nH]ccc2c1Cl. The van der Waals surface area contributed by atoms with Gasteiger partial charge in [0.05, 0.1) is 11.6 Å². The minimum absolute atomic E-state index is 0.281. The lowest BCUT2D eigenvalue weighted by Crippen LogP contribution is -1.83. The molecule has 0 saturated carbocycles. The molecule has 4 heteroatoms. The van der Waals surface area contributed by atoms with Crippen LogP contribution >= 0.6 is 11.6 Å². The maximum absolute atomic E-state index is 9.96. The van der Waals surface area contributed by atoms with Crippen molar-refractivity contribution in [1.29, 1.82) is 0 Å². The molecule has 0 fully saturated rings. The van der Waals surface area contributed by atoms with Crippen LogP contribution in [-0.2, 0) is 11.3 Å². The zero-order valence-corrected chi connectivity index (χ0v) is 8.01. The van der Waals surface area contributed by atoms with Crippen molar-refractivity contribution in [2.75, 3.05) is 0 Å². The van der Waals surface area contributed by atoms with E-state index >= 15 is 0 Å². The maximum atomic E-state index is 9.96. The molecule has 0 bridgehead atoms. The van der Waals surface area contributed by atoms with Crippen molar-refractivity contribution in [3.63, 3.8) is 0 Å². The van der Waals surface area contributed by atoms with Crippen LogP contribution in [0.15, 0.2) is 29.4 Å². The van der Waals surface area contributed by atoms with E-state index in [1.807, 2.05) is 24.4 Å². The first kappa shape index (κ1) is 9.00. The molecule has 1 aromatic carbocycles. The van der Waals surface area contributed by atoms with Gasteiger partial charge in [0.15, 0.2) is 0 Å². The first-order chi connectivity index (χ1) is 6.83. The molecule has 0 unspecified atom stereocenters. The van der Waals surface area contributed by atoms with Gasteiger partial charge in [0.2, 0.25) is 6.08 Å². The lowest BCUT2D eigenvalue weighted by Gasteiger charge is -2.00. The Labute approximate surface area is 85.4 Å². The van der Waals surface area contributed by atoms with Gasteiger partial charge in [0.25, 0.3) is 0 Å². The Bertz CT molecular complexity index is 512. The predicted octanol–water partition coefficient (Wildman–Crippen LogP) is 2.66. The second-order valence-corrected chi connectivity index (χ2v) is 3.26. The normalized spacial score (nSPS) is 10.1. The number of aromatic amines is 1. The van der Waals surface area contributed by atoms with Gasteiger partial charge in [-0.2, -0.15) is 0 Å². The summed E-state index contributed by atoms with van der Waals surface area (Å²) >= 11 is 6.11. The zero-order valence-electron chi connectivity index (χ0n) is 7.25. The number of benzene rings is 1. The largest absolute Gasteiger partial charge is 0.361 e. The Morgan fingerprint density at radius 2 is 2.29 bits per heavy atom. The number of nitrogens with one attached hydrogen (secondary N) is 1. The summed E-state index contributed by atoms with van der Waals surface area (Å²) in [5.74, 6) is 0. The number of aromatic nitrogens is 1. The number of H-pyrrole nitrogens is 1. The Morgan fingerprint density at radius 3 is 3.07 bits per heavy atom. The molecule has 1 heterocycles. The number of isocyanates is 1. The van der Waals surface area contributed by atoms with Crippen molar-refractivity contribution in [1.82, 2.24) is 4.98 Å². The number of fused-ring (bicyclic) bond motifs is 1. The molecule has 0 amide bonds. The third-order valence-electron chi connectivity index (χ3n) is 2.06. The molecule has 70 valence electrons. The summed E-state index contributed by atoms with van der Waals surface area (Å²) in [5, 5.41) is 1.59. The Morgan fingerprint density at radius 1 is 1.43 bits per heavy atom. The van der Waals surface area contributed by atoms with Gasteiger partial charge in [0.1, 0.15) is 0 Å². The molecule has 3 nitrogen and oxygen atoms in total. The number of hydrogen-bond acceptors (Lipinski definition) is 2.